The van der Waals surface area contributed by atoms with Gasteiger partial charge in [-0.15, -0.1) is 6.42 Å². The lowest BCUT2D eigenvalue weighted by Gasteiger charge is -2.20. The van der Waals surface area contributed by atoms with E-state index in [2.05, 4.69) is 37.1 Å². The number of rotatable bonds is 3. The molecule has 1 aromatic heterocycles. The minimum atomic E-state index is -0.693. The molecular weight excluding hydrogens is 258 g/mol. The molecule has 5 heteroatoms. The van der Waals surface area contributed by atoms with Gasteiger partial charge in [0.25, 0.3) is 0 Å². The summed E-state index contributed by atoms with van der Waals surface area (Å²) < 4.78 is 6.21. The Balaban J connectivity index is 3.02. The van der Waals surface area contributed by atoms with E-state index in [0.717, 1.165) is 0 Å². The molecule has 0 saturated heterocycles. The first kappa shape index (κ1) is 11.8. The predicted molar refractivity (Wildman–Crippen MR) is 62.8 cm³/mol. The van der Waals surface area contributed by atoms with Crippen LogP contribution < -0.4 is 10.1 Å². The van der Waals surface area contributed by atoms with Crippen LogP contribution in [-0.4, -0.2) is 22.6 Å². The van der Waals surface area contributed by atoms with Gasteiger partial charge in [0.05, 0.1) is 0 Å². The molecule has 0 radical (unpaired) electrons. The van der Waals surface area contributed by atoms with E-state index >= 15 is 0 Å². The summed E-state index contributed by atoms with van der Waals surface area (Å²) >= 11 is 3.34. The molecule has 0 aliphatic heterocycles. The third kappa shape index (κ3) is 2.83. The molecule has 0 spiro atoms. The number of halogens is 1. The van der Waals surface area contributed by atoms with Gasteiger partial charge in [0.15, 0.2) is 5.60 Å². The van der Waals surface area contributed by atoms with Crippen molar-refractivity contribution in [2.24, 2.45) is 0 Å². The summed E-state index contributed by atoms with van der Waals surface area (Å²) in [5, 5.41) is 2.91. The van der Waals surface area contributed by atoms with E-state index in [9.17, 15) is 0 Å². The van der Waals surface area contributed by atoms with Crippen molar-refractivity contribution in [3.63, 3.8) is 0 Å². The quantitative estimate of drug-likeness (QED) is 0.854. The van der Waals surface area contributed by atoms with Gasteiger partial charge in [-0.05, 0) is 29.8 Å². The average Bonchev–Trinajstić information content (AvgIpc) is 2.21. The summed E-state index contributed by atoms with van der Waals surface area (Å²) in [6.45, 7) is 3.58. The van der Waals surface area contributed by atoms with Crippen LogP contribution in [0.1, 0.15) is 13.8 Å². The molecule has 0 atom stereocenters. The Hall–Kier alpha value is -1.28. The van der Waals surface area contributed by atoms with Gasteiger partial charge in [-0.3, -0.25) is 0 Å². The fourth-order valence-electron chi connectivity index (χ4n) is 0.870. The largest absolute Gasteiger partial charge is 0.457 e. The van der Waals surface area contributed by atoms with Gasteiger partial charge >= 0.3 is 0 Å². The number of anilines is 1. The lowest BCUT2D eigenvalue weighted by atomic mass is 10.1. The van der Waals surface area contributed by atoms with Crippen LogP contribution in [0.3, 0.4) is 0 Å². The highest BCUT2D eigenvalue weighted by Crippen LogP contribution is 2.30. The Morgan fingerprint density at radius 1 is 1.53 bits per heavy atom. The van der Waals surface area contributed by atoms with Crippen LogP contribution >= 0.6 is 15.9 Å². The molecule has 1 N–H and O–H groups in total. The van der Waals surface area contributed by atoms with Crippen LogP contribution in [-0.2, 0) is 0 Å². The maximum atomic E-state index is 5.55. The van der Waals surface area contributed by atoms with Gasteiger partial charge < -0.3 is 10.1 Å². The van der Waals surface area contributed by atoms with Crippen molar-refractivity contribution in [3.8, 4) is 18.2 Å². The highest BCUT2D eigenvalue weighted by Gasteiger charge is 2.19. The standard InChI is InChI=1S/C10H12BrN3O/c1-5-10(2,3)15-9-7(11)8(12-4)13-6-14-9/h1,6H,2-4H3,(H,12,13,14). The minimum Gasteiger partial charge on any atom is -0.457 e. The van der Waals surface area contributed by atoms with Crippen molar-refractivity contribution in [1.29, 1.82) is 0 Å². The van der Waals surface area contributed by atoms with E-state index in [1.54, 1.807) is 20.9 Å². The van der Waals surface area contributed by atoms with Crippen molar-refractivity contribution in [3.05, 3.63) is 10.8 Å². The lowest BCUT2D eigenvalue weighted by Crippen LogP contribution is -2.26. The Kier molecular flexibility index (Phi) is 3.53. The van der Waals surface area contributed by atoms with E-state index in [0.29, 0.717) is 16.2 Å². The second-order valence-corrected chi connectivity index (χ2v) is 4.14. The van der Waals surface area contributed by atoms with Crippen molar-refractivity contribution in [1.82, 2.24) is 9.97 Å². The van der Waals surface area contributed by atoms with Crippen LogP contribution in [0, 0.1) is 12.3 Å². The molecule has 0 aliphatic carbocycles. The third-order valence-electron chi connectivity index (χ3n) is 1.69. The topological polar surface area (TPSA) is 47.0 Å². The minimum absolute atomic E-state index is 0.428. The summed E-state index contributed by atoms with van der Waals surface area (Å²) in [5.41, 5.74) is -0.693. The number of hydrogen-bond acceptors (Lipinski definition) is 4. The Bertz CT molecular complexity index is 398. The first-order valence-electron chi connectivity index (χ1n) is 4.35. The monoisotopic (exact) mass is 269 g/mol. The first-order chi connectivity index (χ1) is 7.00. The van der Waals surface area contributed by atoms with Crippen molar-refractivity contribution < 1.29 is 4.74 Å². The molecular formula is C10H12BrN3O. The molecule has 0 unspecified atom stereocenters. The zero-order chi connectivity index (χ0) is 11.5. The number of terminal acetylenes is 1. The van der Waals surface area contributed by atoms with Crippen LogP contribution in [0.25, 0.3) is 0 Å². The molecule has 80 valence electrons. The molecule has 0 fully saturated rings. The second-order valence-electron chi connectivity index (χ2n) is 3.35. The van der Waals surface area contributed by atoms with Crippen LogP contribution in [0.5, 0.6) is 5.88 Å². The van der Waals surface area contributed by atoms with Gasteiger partial charge in [0.1, 0.15) is 16.6 Å². The molecule has 1 heterocycles. The molecule has 15 heavy (non-hydrogen) atoms. The Morgan fingerprint density at radius 3 is 2.73 bits per heavy atom. The number of ether oxygens (including phenoxy) is 1. The van der Waals surface area contributed by atoms with Crippen molar-refractivity contribution in [2.75, 3.05) is 12.4 Å². The molecule has 0 saturated carbocycles. The molecule has 0 amide bonds. The zero-order valence-corrected chi connectivity index (χ0v) is 10.4. The molecule has 0 aliphatic rings. The van der Waals surface area contributed by atoms with Crippen LogP contribution in [0.4, 0.5) is 5.82 Å². The van der Waals surface area contributed by atoms with Gasteiger partial charge in [0, 0.05) is 7.05 Å². The normalized spacial score (nSPS) is 10.6. The van der Waals surface area contributed by atoms with E-state index in [4.69, 9.17) is 11.2 Å². The van der Waals surface area contributed by atoms with Gasteiger partial charge in [-0.1, -0.05) is 5.92 Å². The van der Waals surface area contributed by atoms with Crippen molar-refractivity contribution in [2.45, 2.75) is 19.4 Å². The predicted octanol–water partition coefficient (Wildman–Crippen LogP) is 2.07. The number of nitrogens with zero attached hydrogens (tertiary/aromatic N) is 2. The average molecular weight is 270 g/mol. The molecule has 0 bridgehead atoms. The van der Waals surface area contributed by atoms with E-state index in [1.807, 2.05) is 0 Å². The second kappa shape index (κ2) is 4.49. The van der Waals surface area contributed by atoms with E-state index in [-0.39, 0.29) is 0 Å². The summed E-state index contributed by atoms with van der Waals surface area (Å²) in [5.74, 6) is 3.62. The number of aromatic nitrogens is 2. The summed E-state index contributed by atoms with van der Waals surface area (Å²) in [6, 6.07) is 0. The lowest BCUT2D eigenvalue weighted by molar-refractivity contribution is 0.163. The van der Waals surface area contributed by atoms with Crippen LogP contribution in [0.2, 0.25) is 0 Å². The summed E-state index contributed by atoms with van der Waals surface area (Å²) in [6.07, 6.45) is 6.74. The summed E-state index contributed by atoms with van der Waals surface area (Å²) in [4.78, 5) is 8.02. The Labute approximate surface area is 97.6 Å². The zero-order valence-electron chi connectivity index (χ0n) is 8.84. The van der Waals surface area contributed by atoms with E-state index < -0.39 is 5.60 Å². The van der Waals surface area contributed by atoms with E-state index in [1.165, 1.54) is 6.33 Å². The van der Waals surface area contributed by atoms with Gasteiger partial charge in [-0.25, -0.2) is 9.97 Å². The molecule has 4 nitrogen and oxygen atoms in total. The third-order valence-corrected chi connectivity index (χ3v) is 2.41. The van der Waals surface area contributed by atoms with Crippen LogP contribution in [0.15, 0.2) is 10.8 Å². The Morgan fingerprint density at radius 2 is 2.20 bits per heavy atom. The first-order valence-corrected chi connectivity index (χ1v) is 5.14. The molecule has 1 rings (SSSR count). The smallest absolute Gasteiger partial charge is 0.234 e. The number of hydrogen-bond donors (Lipinski definition) is 1. The maximum absolute atomic E-state index is 5.55. The maximum Gasteiger partial charge on any atom is 0.234 e. The fourth-order valence-corrected chi connectivity index (χ4v) is 1.35. The van der Waals surface area contributed by atoms with Gasteiger partial charge in [-0.2, -0.15) is 0 Å². The number of nitrogens with one attached hydrogen (secondary N) is 1. The van der Waals surface area contributed by atoms with Crippen molar-refractivity contribution >= 4 is 21.7 Å². The highest BCUT2D eigenvalue weighted by molar-refractivity contribution is 9.10. The molecule has 1 aromatic rings. The summed E-state index contributed by atoms with van der Waals surface area (Å²) in [7, 11) is 1.77. The SMILES string of the molecule is C#CC(C)(C)Oc1ncnc(NC)c1Br. The fraction of sp³-hybridized carbons (Fsp3) is 0.400. The van der Waals surface area contributed by atoms with Gasteiger partial charge in [0.2, 0.25) is 5.88 Å². The highest BCUT2D eigenvalue weighted by atomic mass is 79.9. The molecule has 0 aromatic carbocycles.